The van der Waals surface area contributed by atoms with Gasteiger partial charge in [-0.15, -0.1) is 0 Å². The van der Waals surface area contributed by atoms with Gasteiger partial charge in [-0.25, -0.2) is 0 Å². The van der Waals surface area contributed by atoms with Gasteiger partial charge in [0.15, 0.2) is 12.3 Å². The molecule has 4 aromatic carbocycles. The van der Waals surface area contributed by atoms with Crippen molar-refractivity contribution in [2.45, 2.75) is 32.2 Å². The monoisotopic (exact) mass is 457 g/mol. The first kappa shape index (κ1) is 19.3. The molecule has 0 saturated heterocycles. The van der Waals surface area contributed by atoms with E-state index in [0.717, 1.165) is 61.9 Å². The molecule has 5 aromatic rings. The molecule has 0 N–H and O–H groups in total. The molecule has 0 radical (unpaired) electrons. The summed E-state index contributed by atoms with van der Waals surface area (Å²) in [7, 11) is 0. The van der Waals surface area contributed by atoms with E-state index >= 15 is 0 Å². The number of benzene rings is 4. The molecule has 4 heterocycles. The van der Waals surface area contributed by atoms with Gasteiger partial charge in [-0.1, -0.05) is 48.5 Å². The van der Waals surface area contributed by atoms with E-state index < -0.39 is 0 Å². The number of ether oxygens (including phenoxy) is 1. The summed E-state index contributed by atoms with van der Waals surface area (Å²) in [6.07, 6.45) is 6.62. The number of hydrogen-bond acceptors (Lipinski definition) is 3. The maximum Gasteiger partial charge on any atom is 0.377 e. The van der Waals surface area contributed by atoms with Crippen LogP contribution < -0.4 is 14.2 Å². The molecular formula is C31H25N2O2+. The SMILES string of the molecule is C(=C1CCC[n+]2c1oc1cc3ccccc3cc12)C1=C2Oc3cc4ccccc4cc3N2CCC1. The molecular weight excluding hydrogens is 432 g/mol. The van der Waals surface area contributed by atoms with Crippen LogP contribution in [0.3, 0.4) is 0 Å². The number of rotatable bonds is 1. The summed E-state index contributed by atoms with van der Waals surface area (Å²) in [6, 6.07) is 25.9. The number of aryl methyl sites for hydroxylation is 1. The van der Waals surface area contributed by atoms with Crippen LogP contribution in [0.1, 0.15) is 31.6 Å². The summed E-state index contributed by atoms with van der Waals surface area (Å²) in [5.74, 6) is 2.95. The van der Waals surface area contributed by atoms with Crippen LogP contribution in [0, 0.1) is 0 Å². The lowest BCUT2D eigenvalue weighted by molar-refractivity contribution is -0.682. The normalized spacial score (nSPS) is 18.3. The van der Waals surface area contributed by atoms with Crippen molar-refractivity contribution >= 4 is 43.9 Å². The van der Waals surface area contributed by atoms with E-state index in [4.69, 9.17) is 9.15 Å². The minimum Gasteiger partial charge on any atom is -0.438 e. The van der Waals surface area contributed by atoms with E-state index in [0.29, 0.717) is 0 Å². The van der Waals surface area contributed by atoms with Gasteiger partial charge in [-0.2, -0.15) is 4.57 Å². The molecule has 3 aliphatic rings. The van der Waals surface area contributed by atoms with Gasteiger partial charge in [0, 0.05) is 24.6 Å². The number of nitrogens with zero attached hydrogens (tertiary/aromatic N) is 2. The fourth-order valence-corrected chi connectivity index (χ4v) is 6.01. The molecule has 3 aliphatic heterocycles. The van der Waals surface area contributed by atoms with E-state index in [-0.39, 0.29) is 0 Å². The Bertz CT molecular complexity index is 1740. The van der Waals surface area contributed by atoms with E-state index in [2.05, 4.69) is 88.3 Å². The van der Waals surface area contributed by atoms with Crippen LogP contribution in [0.2, 0.25) is 0 Å². The minimum absolute atomic E-state index is 0.964. The third kappa shape index (κ3) is 2.89. The Balaban J connectivity index is 1.25. The number of oxazole rings is 1. The molecule has 0 saturated carbocycles. The van der Waals surface area contributed by atoms with Crippen molar-refractivity contribution in [2.75, 3.05) is 11.4 Å². The van der Waals surface area contributed by atoms with Crippen molar-refractivity contribution in [1.29, 1.82) is 0 Å². The van der Waals surface area contributed by atoms with Gasteiger partial charge in [0.2, 0.25) is 11.5 Å². The van der Waals surface area contributed by atoms with Crippen LogP contribution in [-0.4, -0.2) is 6.54 Å². The van der Waals surface area contributed by atoms with Crippen LogP contribution in [0.25, 0.3) is 38.2 Å². The Morgan fingerprint density at radius 3 is 2.37 bits per heavy atom. The zero-order valence-corrected chi connectivity index (χ0v) is 19.5. The molecule has 8 rings (SSSR count). The van der Waals surface area contributed by atoms with Crippen molar-refractivity contribution in [3.63, 3.8) is 0 Å². The summed E-state index contributed by atoms with van der Waals surface area (Å²) < 4.78 is 15.4. The van der Waals surface area contributed by atoms with Crippen LogP contribution >= 0.6 is 0 Å². The smallest absolute Gasteiger partial charge is 0.377 e. The Kier molecular flexibility index (Phi) is 3.98. The van der Waals surface area contributed by atoms with Crippen molar-refractivity contribution < 1.29 is 13.7 Å². The highest BCUT2D eigenvalue weighted by Gasteiger charge is 2.34. The van der Waals surface area contributed by atoms with E-state index in [1.54, 1.807) is 0 Å². The van der Waals surface area contributed by atoms with E-state index in [1.165, 1.54) is 43.9 Å². The highest BCUT2D eigenvalue weighted by atomic mass is 16.5. The number of anilines is 1. The quantitative estimate of drug-likeness (QED) is 0.251. The van der Waals surface area contributed by atoms with Crippen LogP contribution in [-0.2, 0) is 6.54 Å². The van der Waals surface area contributed by atoms with E-state index in [1.807, 2.05) is 0 Å². The number of hydrogen-bond donors (Lipinski definition) is 0. The number of aromatic nitrogens is 1. The fourth-order valence-electron chi connectivity index (χ4n) is 6.01. The topological polar surface area (TPSA) is 29.5 Å². The summed E-state index contributed by atoms with van der Waals surface area (Å²) >= 11 is 0. The first-order valence-electron chi connectivity index (χ1n) is 12.6. The molecule has 0 atom stereocenters. The predicted molar refractivity (Wildman–Crippen MR) is 139 cm³/mol. The van der Waals surface area contributed by atoms with Crippen molar-refractivity contribution in [3.05, 3.63) is 96.2 Å². The second kappa shape index (κ2) is 7.22. The minimum atomic E-state index is 0.964. The zero-order chi connectivity index (χ0) is 22.9. The van der Waals surface area contributed by atoms with Gasteiger partial charge in [0.05, 0.1) is 11.3 Å². The standard InChI is InChI=1S/C31H25N2O2/c1-3-9-22-18-28-26(16-20(22)7-1)32-13-5-11-24(30(32)34-28)15-25-12-6-14-33-27-17-21-8-2-4-10-23(21)19-29(27)35-31(25)33/h1-4,7-10,15-19H,5-6,11-14H2/q+1. The van der Waals surface area contributed by atoms with Gasteiger partial charge in [-0.3, -0.25) is 0 Å². The van der Waals surface area contributed by atoms with Gasteiger partial charge in [0.25, 0.3) is 5.52 Å². The van der Waals surface area contributed by atoms with Crippen LogP contribution in [0.15, 0.2) is 94.7 Å². The summed E-state index contributed by atoms with van der Waals surface area (Å²) in [5.41, 5.74) is 5.87. The van der Waals surface area contributed by atoms with Gasteiger partial charge < -0.3 is 14.1 Å². The fraction of sp³-hybridized carbons (Fsp3) is 0.194. The molecule has 4 heteroatoms. The van der Waals surface area contributed by atoms with Crippen molar-refractivity contribution in [1.82, 2.24) is 0 Å². The van der Waals surface area contributed by atoms with E-state index in [9.17, 15) is 0 Å². The largest absolute Gasteiger partial charge is 0.438 e. The van der Waals surface area contributed by atoms with Crippen LogP contribution in [0.4, 0.5) is 5.69 Å². The zero-order valence-electron chi connectivity index (χ0n) is 19.5. The highest BCUT2D eigenvalue weighted by molar-refractivity contribution is 5.93. The van der Waals surface area contributed by atoms with Crippen molar-refractivity contribution in [3.8, 4) is 5.75 Å². The molecule has 0 bridgehead atoms. The van der Waals surface area contributed by atoms with Gasteiger partial charge in [-0.05, 0) is 65.1 Å². The Hall–Kier alpha value is -4.05. The lowest BCUT2D eigenvalue weighted by Gasteiger charge is -2.25. The maximum atomic E-state index is 6.50. The molecule has 35 heavy (non-hydrogen) atoms. The van der Waals surface area contributed by atoms with Crippen molar-refractivity contribution in [2.24, 2.45) is 0 Å². The lowest BCUT2D eigenvalue weighted by atomic mass is 9.99. The van der Waals surface area contributed by atoms with Gasteiger partial charge in [0.1, 0.15) is 0 Å². The predicted octanol–water partition coefficient (Wildman–Crippen LogP) is 7.11. The molecule has 0 unspecified atom stereocenters. The molecule has 0 aliphatic carbocycles. The number of fused-ring (bicyclic) bond motifs is 8. The summed E-state index contributed by atoms with van der Waals surface area (Å²) in [5, 5.41) is 4.94. The Morgan fingerprint density at radius 1 is 0.800 bits per heavy atom. The van der Waals surface area contributed by atoms with Gasteiger partial charge >= 0.3 is 5.89 Å². The lowest BCUT2D eigenvalue weighted by Crippen LogP contribution is -2.39. The second-order valence-corrected chi connectivity index (χ2v) is 9.85. The molecule has 4 nitrogen and oxygen atoms in total. The average molecular weight is 458 g/mol. The molecule has 1 aromatic heterocycles. The van der Waals surface area contributed by atoms with Crippen LogP contribution in [0.5, 0.6) is 5.75 Å². The first-order chi connectivity index (χ1) is 17.3. The third-order valence-electron chi connectivity index (χ3n) is 7.69. The Labute approximate surface area is 203 Å². The average Bonchev–Trinajstić information content (AvgIpc) is 3.45. The molecule has 0 fully saturated rings. The highest BCUT2D eigenvalue weighted by Crippen LogP contribution is 2.45. The summed E-state index contributed by atoms with van der Waals surface area (Å²) in [6.45, 7) is 1.98. The first-order valence-corrected chi connectivity index (χ1v) is 12.6. The number of allylic oxidation sites excluding steroid dienone is 3. The molecule has 0 spiro atoms. The Morgan fingerprint density at radius 2 is 1.54 bits per heavy atom. The second-order valence-electron chi connectivity index (χ2n) is 9.85. The summed E-state index contributed by atoms with van der Waals surface area (Å²) in [4.78, 5) is 2.36. The molecule has 170 valence electrons. The maximum absolute atomic E-state index is 6.50. The third-order valence-corrected chi connectivity index (χ3v) is 7.69. The molecule has 0 amide bonds.